The number of rotatable bonds is 7. The highest BCUT2D eigenvalue weighted by Gasteiger charge is 2.08. The zero-order valence-electron chi connectivity index (χ0n) is 10.5. The van der Waals surface area contributed by atoms with Crippen LogP contribution in [0.25, 0.3) is 0 Å². The van der Waals surface area contributed by atoms with Gasteiger partial charge in [-0.25, -0.2) is 0 Å². The van der Waals surface area contributed by atoms with Gasteiger partial charge < -0.3 is 4.18 Å². The van der Waals surface area contributed by atoms with Crippen LogP contribution < -0.4 is 0 Å². The average molecular weight is 249 g/mol. The van der Waals surface area contributed by atoms with Crippen LogP contribution in [0.5, 0.6) is 0 Å². The van der Waals surface area contributed by atoms with E-state index < -0.39 is 0 Å². The summed E-state index contributed by atoms with van der Waals surface area (Å²) >= 11 is 1.40. The van der Waals surface area contributed by atoms with Gasteiger partial charge in [-0.15, -0.1) is 0 Å². The minimum atomic E-state index is 0.364. The van der Waals surface area contributed by atoms with Crippen molar-refractivity contribution in [2.24, 2.45) is 5.92 Å². The lowest BCUT2D eigenvalue weighted by Gasteiger charge is -2.11. The lowest BCUT2D eigenvalue weighted by molar-refractivity contribution is 0.277. The summed E-state index contributed by atoms with van der Waals surface area (Å²) in [6.45, 7) is 4.86. The lowest BCUT2D eigenvalue weighted by atomic mass is 10.0. The molecule has 0 saturated heterocycles. The molecule has 0 aromatic heterocycles. The minimum Gasteiger partial charge on any atom is -0.310 e. The van der Waals surface area contributed by atoms with Crippen molar-refractivity contribution in [3.63, 3.8) is 0 Å². The molecule has 0 unspecified atom stereocenters. The van der Waals surface area contributed by atoms with E-state index in [2.05, 4.69) is 44.2 Å². The summed E-state index contributed by atoms with van der Waals surface area (Å²) in [6, 6.07) is 10.5. The maximum atomic E-state index is 8.70. The van der Waals surface area contributed by atoms with Crippen LogP contribution >= 0.6 is 12.0 Å². The van der Waals surface area contributed by atoms with Crippen LogP contribution in [-0.2, 0) is 4.18 Å². The van der Waals surface area contributed by atoms with Gasteiger partial charge in [-0.05, 0) is 31.4 Å². The first-order valence-electron chi connectivity index (χ1n) is 5.99. The van der Waals surface area contributed by atoms with E-state index in [4.69, 9.17) is 9.44 Å². The fourth-order valence-corrected chi connectivity index (χ4v) is 2.22. The van der Waals surface area contributed by atoms with E-state index in [1.165, 1.54) is 17.6 Å². The Balaban J connectivity index is 2.30. The molecule has 1 aromatic carbocycles. The number of benzene rings is 1. The van der Waals surface area contributed by atoms with E-state index in [0.29, 0.717) is 18.9 Å². The summed E-state index contributed by atoms with van der Waals surface area (Å²) in [7, 11) is 0. The van der Waals surface area contributed by atoms with Gasteiger partial charge in [-0.2, -0.15) is 5.26 Å². The highest BCUT2D eigenvalue weighted by molar-refractivity contribution is 7.94. The number of nitrogens with zero attached hydrogens (tertiary/aromatic N) is 1. The van der Waals surface area contributed by atoms with Crippen molar-refractivity contribution in [1.82, 2.24) is 0 Å². The van der Waals surface area contributed by atoms with E-state index >= 15 is 0 Å². The third-order valence-corrected chi connectivity index (χ3v) is 3.28. The second-order valence-electron chi connectivity index (χ2n) is 4.20. The Labute approximate surface area is 108 Å². The molecule has 1 atom stereocenters. The van der Waals surface area contributed by atoms with Gasteiger partial charge in [0.1, 0.15) is 0 Å². The lowest BCUT2D eigenvalue weighted by Crippen LogP contribution is -2.06. The highest BCUT2D eigenvalue weighted by atomic mass is 32.2. The molecule has 0 N–H and O–H groups in total. The molecule has 0 aliphatic heterocycles. The second-order valence-corrected chi connectivity index (χ2v) is 5.07. The van der Waals surface area contributed by atoms with Gasteiger partial charge in [0.2, 0.25) is 0 Å². The maximum Gasteiger partial charge on any atom is 0.0656 e. The summed E-state index contributed by atoms with van der Waals surface area (Å²) in [5.74, 6) is 0.364. The molecule has 0 fully saturated rings. The monoisotopic (exact) mass is 249 g/mol. The molecule has 1 aromatic rings. The fraction of sp³-hybridized carbons (Fsp3) is 0.500. The van der Waals surface area contributed by atoms with Crippen LogP contribution in [0.2, 0.25) is 0 Å². The predicted molar refractivity (Wildman–Crippen MR) is 71.6 cm³/mol. The first-order valence-corrected chi connectivity index (χ1v) is 6.73. The molecule has 1 rings (SSSR count). The SMILES string of the molecule is CCC[C@H](CC#N)COSc1ccc(C)cc1. The van der Waals surface area contributed by atoms with E-state index in [0.717, 1.165) is 17.7 Å². The highest BCUT2D eigenvalue weighted by Crippen LogP contribution is 2.22. The zero-order chi connectivity index (χ0) is 12.5. The van der Waals surface area contributed by atoms with Crippen molar-refractivity contribution < 1.29 is 4.18 Å². The van der Waals surface area contributed by atoms with Crippen molar-refractivity contribution in [3.05, 3.63) is 29.8 Å². The summed E-state index contributed by atoms with van der Waals surface area (Å²) in [6.07, 6.45) is 2.75. The molecule has 2 nitrogen and oxygen atoms in total. The molecule has 0 bridgehead atoms. The van der Waals surface area contributed by atoms with Gasteiger partial charge in [0.25, 0.3) is 0 Å². The van der Waals surface area contributed by atoms with Gasteiger partial charge >= 0.3 is 0 Å². The Hall–Kier alpha value is -0.980. The van der Waals surface area contributed by atoms with Crippen LogP contribution in [0.3, 0.4) is 0 Å². The molecule has 0 heterocycles. The average Bonchev–Trinajstić information content (AvgIpc) is 2.32. The van der Waals surface area contributed by atoms with E-state index in [1.807, 2.05) is 0 Å². The molecule has 0 saturated carbocycles. The number of nitriles is 1. The Morgan fingerprint density at radius 2 is 2.06 bits per heavy atom. The van der Waals surface area contributed by atoms with Gasteiger partial charge in [-0.1, -0.05) is 31.0 Å². The van der Waals surface area contributed by atoms with Gasteiger partial charge in [0.05, 0.1) is 12.7 Å². The first-order chi connectivity index (χ1) is 8.26. The fourth-order valence-electron chi connectivity index (χ4n) is 1.57. The van der Waals surface area contributed by atoms with Crippen molar-refractivity contribution in [1.29, 1.82) is 5.26 Å². The first kappa shape index (κ1) is 14.1. The molecule has 0 radical (unpaired) electrons. The number of hydrogen-bond acceptors (Lipinski definition) is 3. The molecule has 92 valence electrons. The van der Waals surface area contributed by atoms with Crippen molar-refractivity contribution in [2.45, 2.75) is 38.0 Å². The van der Waals surface area contributed by atoms with Gasteiger partial charge in [0.15, 0.2) is 0 Å². The van der Waals surface area contributed by atoms with Crippen LogP contribution in [-0.4, -0.2) is 6.61 Å². The van der Waals surface area contributed by atoms with E-state index in [1.54, 1.807) is 0 Å². The standard InChI is InChI=1S/C14H19NOS/c1-3-4-13(9-10-15)11-16-17-14-7-5-12(2)6-8-14/h5-8,13H,3-4,9,11H2,1-2H3/t13-/m1/s1. The maximum absolute atomic E-state index is 8.70. The van der Waals surface area contributed by atoms with Crippen LogP contribution in [0.15, 0.2) is 29.2 Å². The van der Waals surface area contributed by atoms with E-state index in [-0.39, 0.29) is 0 Å². The Morgan fingerprint density at radius 3 is 2.65 bits per heavy atom. The number of aryl methyl sites for hydroxylation is 1. The van der Waals surface area contributed by atoms with Crippen LogP contribution in [0.1, 0.15) is 31.7 Å². The quantitative estimate of drug-likeness (QED) is 0.673. The third-order valence-electron chi connectivity index (χ3n) is 2.56. The topological polar surface area (TPSA) is 33.0 Å². The third kappa shape index (κ3) is 5.76. The van der Waals surface area contributed by atoms with Gasteiger partial charge in [-0.3, -0.25) is 0 Å². The minimum absolute atomic E-state index is 0.364. The molecule has 0 aliphatic rings. The van der Waals surface area contributed by atoms with Crippen LogP contribution in [0.4, 0.5) is 0 Å². The normalized spacial score (nSPS) is 12.1. The Morgan fingerprint density at radius 1 is 1.35 bits per heavy atom. The number of hydrogen-bond donors (Lipinski definition) is 0. The summed E-state index contributed by atoms with van der Waals surface area (Å²) in [4.78, 5) is 1.11. The van der Waals surface area contributed by atoms with Crippen molar-refractivity contribution in [2.75, 3.05) is 6.61 Å². The molecular weight excluding hydrogens is 230 g/mol. The smallest absolute Gasteiger partial charge is 0.0656 e. The second kappa shape index (κ2) is 8.16. The molecule has 0 spiro atoms. The summed E-state index contributed by atoms with van der Waals surface area (Å²) in [5.41, 5.74) is 1.25. The molecule has 0 amide bonds. The zero-order valence-corrected chi connectivity index (χ0v) is 11.3. The van der Waals surface area contributed by atoms with Crippen molar-refractivity contribution >= 4 is 12.0 Å². The van der Waals surface area contributed by atoms with Crippen molar-refractivity contribution in [3.8, 4) is 6.07 Å². The van der Waals surface area contributed by atoms with Gasteiger partial charge in [0, 0.05) is 23.4 Å². The molecule has 3 heteroatoms. The Bertz CT molecular complexity index is 355. The Kier molecular flexibility index (Phi) is 6.76. The largest absolute Gasteiger partial charge is 0.310 e. The summed E-state index contributed by atoms with van der Waals surface area (Å²) < 4.78 is 5.59. The van der Waals surface area contributed by atoms with E-state index in [9.17, 15) is 0 Å². The molecular formula is C14H19NOS. The van der Waals surface area contributed by atoms with Crippen LogP contribution in [0, 0.1) is 24.2 Å². The summed E-state index contributed by atoms with van der Waals surface area (Å²) in [5, 5.41) is 8.70. The molecule has 0 aliphatic carbocycles. The predicted octanol–water partition coefficient (Wildman–Crippen LogP) is 4.35. The molecule has 17 heavy (non-hydrogen) atoms.